The van der Waals surface area contributed by atoms with Crippen molar-refractivity contribution in [3.8, 4) is 11.4 Å². The fourth-order valence-electron chi connectivity index (χ4n) is 2.39. The van der Waals surface area contributed by atoms with E-state index in [1.54, 1.807) is 9.25 Å². The third-order valence-corrected chi connectivity index (χ3v) is 3.92. The van der Waals surface area contributed by atoms with Crippen molar-refractivity contribution in [1.29, 1.82) is 0 Å². The second kappa shape index (κ2) is 4.58. The van der Waals surface area contributed by atoms with Crippen molar-refractivity contribution in [2.24, 2.45) is 0 Å². The van der Waals surface area contributed by atoms with Gasteiger partial charge in [-0.05, 0) is 18.9 Å². The highest BCUT2D eigenvalue weighted by Gasteiger charge is 2.28. The molecule has 0 atom stereocenters. The van der Waals surface area contributed by atoms with E-state index in [0.29, 0.717) is 17.3 Å². The molecule has 19 heavy (non-hydrogen) atoms. The third-order valence-electron chi connectivity index (χ3n) is 3.31. The number of phenols is 1. The molecule has 100 valence electrons. The Morgan fingerprint density at radius 2 is 2.05 bits per heavy atom. The molecule has 0 unspecified atom stereocenters. The van der Waals surface area contributed by atoms with E-state index in [1.165, 1.54) is 12.1 Å². The minimum atomic E-state index is -0.166. The zero-order valence-corrected chi connectivity index (χ0v) is 11.5. The van der Waals surface area contributed by atoms with Gasteiger partial charge in [-0.25, -0.2) is 4.79 Å². The Balaban J connectivity index is 2.23. The van der Waals surface area contributed by atoms with Crippen LogP contribution in [0.2, 0.25) is 10.0 Å². The Morgan fingerprint density at radius 3 is 2.84 bits per heavy atom. The molecular formula is C12H12Cl2N3O2+. The van der Waals surface area contributed by atoms with Crippen molar-refractivity contribution < 1.29 is 9.79 Å². The number of aromatic amines is 1. The maximum Gasteiger partial charge on any atom is 0.444 e. The van der Waals surface area contributed by atoms with Gasteiger partial charge < -0.3 is 5.11 Å². The summed E-state index contributed by atoms with van der Waals surface area (Å²) in [4.78, 5) is 11.9. The monoisotopic (exact) mass is 300 g/mol. The summed E-state index contributed by atoms with van der Waals surface area (Å²) in [7, 11) is 0. The van der Waals surface area contributed by atoms with E-state index in [0.717, 1.165) is 25.1 Å². The summed E-state index contributed by atoms with van der Waals surface area (Å²) in [6.07, 6.45) is 2.80. The van der Waals surface area contributed by atoms with Crippen LogP contribution in [0.1, 0.15) is 18.7 Å². The molecule has 0 radical (unpaired) electrons. The van der Waals surface area contributed by atoms with Gasteiger partial charge in [0.25, 0.3) is 5.82 Å². The van der Waals surface area contributed by atoms with Crippen LogP contribution >= 0.6 is 23.2 Å². The molecule has 0 bridgehead atoms. The summed E-state index contributed by atoms with van der Waals surface area (Å²) in [5.74, 6) is 0.796. The Kier molecular flexibility index (Phi) is 3.03. The Bertz CT molecular complexity index is 706. The first-order valence-electron chi connectivity index (χ1n) is 6.00. The summed E-state index contributed by atoms with van der Waals surface area (Å²) in [5, 5.41) is 13.0. The fraction of sp³-hybridized carbons (Fsp3) is 0.333. The second-order valence-corrected chi connectivity index (χ2v) is 5.35. The van der Waals surface area contributed by atoms with Crippen LogP contribution in [0.3, 0.4) is 0 Å². The number of aromatic hydroxyl groups is 1. The fourth-order valence-corrected chi connectivity index (χ4v) is 2.85. The summed E-state index contributed by atoms with van der Waals surface area (Å²) in [5.41, 5.74) is 0.358. The number of benzene rings is 1. The number of aromatic nitrogens is 3. The topological polar surface area (TPSA) is 61.9 Å². The lowest BCUT2D eigenvalue weighted by atomic mass is 10.1. The molecule has 5 nitrogen and oxygen atoms in total. The van der Waals surface area contributed by atoms with Crippen LogP contribution < -0.4 is 10.4 Å². The minimum absolute atomic E-state index is 0.0647. The van der Waals surface area contributed by atoms with Gasteiger partial charge in [-0.2, -0.15) is 9.67 Å². The number of hydrogen-bond donors (Lipinski definition) is 2. The van der Waals surface area contributed by atoms with Crippen LogP contribution in [0, 0.1) is 0 Å². The first-order valence-corrected chi connectivity index (χ1v) is 6.75. The molecule has 0 saturated heterocycles. The molecule has 1 aliphatic rings. The molecule has 1 aromatic carbocycles. The highest BCUT2D eigenvalue weighted by Crippen LogP contribution is 2.30. The smallest absolute Gasteiger partial charge is 0.444 e. The third kappa shape index (κ3) is 2.03. The van der Waals surface area contributed by atoms with E-state index in [4.69, 9.17) is 23.2 Å². The molecule has 2 N–H and O–H groups in total. The van der Waals surface area contributed by atoms with E-state index in [9.17, 15) is 9.90 Å². The van der Waals surface area contributed by atoms with Gasteiger partial charge in [0.1, 0.15) is 5.75 Å². The highest BCUT2D eigenvalue weighted by atomic mass is 35.5. The molecule has 0 spiro atoms. The van der Waals surface area contributed by atoms with Crippen LogP contribution in [-0.2, 0) is 13.0 Å². The largest absolute Gasteiger partial charge is 0.506 e. The maximum absolute atomic E-state index is 11.9. The number of nitrogens with one attached hydrogen (secondary N) is 1. The molecule has 7 heteroatoms. The van der Waals surface area contributed by atoms with E-state index in [1.807, 2.05) is 0 Å². The number of fused-ring (bicyclic) bond motifs is 1. The first kappa shape index (κ1) is 12.6. The van der Waals surface area contributed by atoms with E-state index < -0.39 is 0 Å². The quantitative estimate of drug-likeness (QED) is 0.789. The van der Waals surface area contributed by atoms with Crippen LogP contribution in [0.15, 0.2) is 16.9 Å². The Labute approximate surface area is 119 Å². The number of halogens is 2. The van der Waals surface area contributed by atoms with Crippen molar-refractivity contribution in [2.45, 2.75) is 25.8 Å². The maximum atomic E-state index is 11.9. The van der Waals surface area contributed by atoms with Gasteiger partial charge in [-0.15, -0.1) is 4.68 Å². The highest BCUT2D eigenvalue weighted by molar-refractivity contribution is 6.36. The number of phenolic OH excluding ortho intramolecular Hbond substituents is 1. The zero-order valence-electron chi connectivity index (χ0n) is 9.99. The standard InChI is InChI=1S/C12H11Cl2N3O2/c13-7-5-8(14)10(18)6-9(7)17-11-3-1-2-4-16(11)12(19)15-17/h5-6H,1-4H2,(H-,15,18,19)/p+1. The summed E-state index contributed by atoms with van der Waals surface area (Å²) < 4.78 is 3.32. The normalized spacial score (nSPS) is 14.4. The lowest BCUT2D eigenvalue weighted by Gasteiger charge is -2.08. The number of nitrogens with zero attached hydrogens (tertiary/aromatic N) is 2. The van der Waals surface area contributed by atoms with Gasteiger partial charge in [0, 0.05) is 6.07 Å². The molecule has 1 aromatic heterocycles. The molecule has 3 rings (SSSR count). The van der Waals surface area contributed by atoms with Gasteiger partial charge in [-0.1, -0.05) is 23.2 Å². The SMILES string of the molecule is O=c1[nH][n+](-c2cc(O)c(Cl)cc2Cl)c2n1CCCC2. The minimum Gasteiger partial charge on any atom is -0.506 e. The number of H-pyrrole nitrogens is 1. The average Bonchev–Trinajstić information content (AvgIpc) is 2.72. The average molecular weight is 301 g/mol. The predicted molar refractivity (Wildman–Crippen MR) is 71.2 cm³/mol. The van der Waals surface area contributed by atoms with Crippen LogP contribution in [0.4, 0.5) is 0 Å². The molecule has 2 heterocycles. The van der Waals surface area contributed by atoms with Gasteiger partial charge in [-0.3, -0.25) is 0 Å². The summed E-state index contributed by atoms with van der Waals surface area (Å²) >= 11 is 11.9. The van der Waals surface area contributed by atoms with Crippen molar-refractivity contribution in [2.75, 3.05) is 0 Å². The molecule has 0 amide bonds. The second-order valence-electron chi connectivity index (χ2n) is 4.53. The summed E-state index contributed by atoms with van der Waals surface area (Å²) in [6, 6.07) is 2.92. The predicted octanol–water partition coefficient (Wildman–Crippen LogP) is 1.80. The van der Waals surface area contributed by atoms with E-state index in [2.05, 4.69) is 5.10 Å². The molecule has 0 saturated carbocycles. The van der Waals surface area contributed by atoms with Gasteiger partial charge in [0.2, 0.25) is 0 Å². The number of hydrogen-bond acceptors (Lipinski definition) is 2. The molecule has 2 aromatic rings. The van der Waals surface area contributed by atoms with Crippen molar-refractivity contribution in [3.63, 3.8) is 0 Å². The van der Waals surface area contributed by atoms with Crippen LogP contribution in [0.5, 0.6) is 5.75 Å². The van der Waals surface area contributed by atoms with Crippen LogP contribution in [0.25, 0.3) is 5.69 Å². The molecule has 0 fully saturated rings. The molecule has 0 aliphatic carbocycles. The van der Waals surface area contributed by atoms with E-state index >= 15 is 0 Å². The van der Waals surface area contributed by atoms with Gasteiger partial charge >= 0.3 is 5.69 Å². The summed E-state index contributed by atoms with van der Waals surface area (Å²) in [6.45, 7) is 0.703. The Morgan fingerprint density at radius 1 is 1.26 bits per heavy atom. The van der Waals surface area contributed by atoms with Gasteiger partial charge in [0.05, 0.1) is 23.0 Å². The lowest BCUT2D eigenvalue weighted by molar-refractivity contribution is -0.666. The van der Waals surface area contributed by atoms with Crippen molar-refractivity contribution >= 4 is 23.2 Å². The van der Waals surface area contributed by atoms with Crippen molar-refractivity contribution in [3.05, 3.63) is 38.5 Å². The van der Waals surface area contributed by atoms with Crippen molar-refractivity contribution in [1.82, 2.24) is 9.67 Å². The zero-order chi connectivity index (χ0) is 13.6. The molecular weight excluding hydrogens is 289 g/mol. The lowest BCUT2D eigenvalue weighted by Crippen LogP contribution is -2.39. The van der Waals surface area contributed by atoms with E-state index in [-0.39, 0.29) is 16.5 Å². The first-order chi connectivity index (χ1) is 9.08. The van der Waals surface area contributed by atoms with Gasteiger partial charge in [0.15, 0.2) is 5.69 Å². The number of rotatable bonds is 1. The van der Waals surface area contributed by atoms with Crippen LogP contribution in [-0.4, -0.2) is 14.8 Å². The Hall–Kier alpha value is -1.46. The molecule has 1 aliphatic heterocycles.